The summed E-state index contributed by atoms with van der Waals surface area (Å²) in [7, 11) is 0. The molecule has 5 nitrogen and oxygen atoms in total. The molecule has 0 saturated carbocycles. The van der Waals surface area contributed by atoms with E-state index in [2.05, 4.69) is 17.9 Å². The highest BCUT2D eigenvalue weighted by molar-refractivity contribution is 6.09. The van der Waals surface area contributed by atoms with Crippen LogP contribution in [-0.4, -0.2) is 35.7 Å². The summed E-state index contributed by atoms with van der Waals surface area (Å²) >= 11 is 0. The SMILES string of the molecule is CCN1CCCC1CCC(=O)c1ccc(/C=C2\Oc3ccccc3N(Cc3cccc(C)c3)C2=O)cc1. The average molecular weight is 495 g/mol. The molecule has 1 atom stereocenters. The average Bonchev–Trinajstić information content (AvgIpc) is 3.38. The van der Waals surface area contributed by atoms with E-state index in [0.717, 1.165) is 41.9 Å². The second-order valence-corrected chi connectivity index (χ2v) is 9.97. The predicted molar refractivity (Wildman–Crippen MR) is 148 cm³/mol. The van der Waals surface area contributed by atoms with Crippen LogP contribution in [0.4, 0.5) is 5.69 Å². The van der Waals surface area contributed by atoms with Crippen LogP contribution >= 0.6 is 0 Å². The Labute approximate surface area is 219 Å². The van der Waals surface area contributed by atoms with E-state index in [-0.39, 0.29) is 17.4 Å². The molecule has 1 fully saturated rings. The number of ether oxygens (including phenoxy) is 1. The number of hydrogen-bond acceptors (Lipinski definition) is 4. The fourth-order valence-corrected chi connectivity index (χ4v) is 5.41. The summed E-state index contributed by atoms with van der Waals surface area (Å²) in [5.74, 6) is 0.912. The number of para-hydroxylation sites is 2. The molecule has 2 heterocycles. The van der Waals surface area contributed by atoms with Gasteiger partial charge in [-0.2, -0.15) is 0 Å². The van der Waals surface area contributed by atoms with E-state index < -0.39 is 0 Å². The molecule has 1 amide bonds. The van der Waals surface area contributed by atoms with Gasteiger partial charge in [-0.3, -0.25) is 14.5 Å². The molecule has 0 aromatic heterocycles. The number of carbonyl (C=O) groups is 2. The van der Waals surface area contributed by atoms with E-state index in [0.29, 0.717) is 30.3 Å². The van der Waals surface area contributed by atoms with Crippen LogP contribution in [0.3, 0.4) is 0 Å². The van der Waals surface area contributed by atoms with Crippen LogP contribution in [0.15, 0.2) is 78.6 Å². The van der Waals surface area contributed by atoms with Gasteiger partial charge in [0.2, 0.25) is 0 Å². The van der Waals surface area contributed by atoms with Crippen molar-refractivity contribution < 1.29 is 14.3 Å². The van der Waals surface area contributed by atoms with Gasteiger partial charge in [-0.15, -0.1) is 0 Å². The molecule has 190 valence electrons. The Morgan fingerprint density at radius 2 is 1.86 bits per heavy atom. The largest absolute Gasteiger partial charge is 0.449 e. The molecule has 0 radical (unpaired) electrons. The predicted octanol–water partition coefficient (Wildman–Crippen LogP) is 6.41. The van der Waals surface area contributed by atoms with Gasteiger partial charge in [-0.05, 0) is 68.6 Å². The third-order valence-corrected chi connectivity index (χ3v) is 7.40. The number of amides is 1. The molecule has 0 N–H and O–H groups in total. The van der Waals surface area contributed by atoms with Crippen molar-refractivity contribution in [3.8, 4) is 5.75 Å². The Morgan fingerprint density at radius 3 is 2.65 bits per heavy atom. The van der Waals surface area contributed by atoms with E-state index in [4.69, 9.17) is 4.74 Å². The fraction of sp³-hybridized carbons (Fsp3) is 0.312. The smallest absolute Gasteiger partial charge is 0.294 e. The molecule has 37 heavy (non-hydrogen) atoms. The van der Waals surface area contributed by atoms with Crippen molar-refractivity contribution in [1.29, 1.82) is 0 Å². The Bertz CT molecular complexity index is 1310. The third-order valence-electron chi connectivity index (χ3n) is 7.40. The summed E-state index contributed by atoms with van der Waals surface area (Å²) in [6.45, 7) is 6.89. The van der Waals surface area contributed by atoms with Crippen molar-refractivity contribution >= 4 is 23.5 Å². The lowest BCUT2D eigenvalue weighted by Crippen LogP contribution is -2.36. The zero-order valence-electron chi connectivity index (χ0n) is 21.7. The summed E-state index contributed by atoms with van der Waals surface area (Å²) < 4.78 is 6.03. The summed E-state index contributed by atoms with van der Waals surface area (Å²) in [5.41, 5.74) is 4.51. The van der Waals surface area contributed by atoms with Crippen molar-refractivity contribution in [3.05, 3.63) is 101 Å². The van der Waals surface area contributed by atoms with Gasteiger partial charge in [-0.1, -0.05) is 73.2 Å². The number of anilines is 1. The van der Waals surface area contributed by atoms with Gasteiger partial charge < -0.3 is 9.64 Å². The van der Waals surface area contributed by atoms with E-state index in [9.17, 15) is 9.59 Å². The first kappa shape index (κ1) is 25.0. The molecule has 0 bridgehead atoms. The van der Waals surface area contributed by atoms with E-state index in [1.165, 1.54) is 12.8 Å². The Hall–Kier alpha value is -3.70. The first-order valence-electron chi connectivity index (χ1n) is 13.2. The normalized spacial score (nSPS) is 18.6. The maximum atomic E-state index is 13.5. The standard InChI is InChI=1S/C32H34N2O3/c1-3-33-19-7-10-27(33)17-18-29(35)26-15-13-24(14-16-26)21-31-32(36)34(22-25-9-6-8-23(2)20-25)28-11-4-5-12-30(28)37-31/h4-6,8-9,11-16,20-21,27H,3,7,10,17-19,22H2,1-2H3/b31-21-. The number of likely N-dealkylation sites (tertiary alicyclic amines) is 1. The van der Waals surface area contributed by atoms with E-state index in [1.54, 1.807) is 11.0 Å². The number of ketones is 1. The van der Waals surface area contributed by atoms with Gasteiger partial charge in [0.25, 0.3) is 5.91 Å². The topological polar surface area (TPSA) is 49.9 Å². The molecule has 5 heteroatoms. The minimum Gasteiger partial charge on any atom is -0.449 e. The lowest BCUT2D eigenvalue weighted by atomic mass is 10.0. The van der Waals surface area contributed by atoms with Crippen LogP contribution in [0.25, 0.3) is 6.08 Å². The number of nitrogens with zero attached hydrogens (tertiary/aromatic N) is 2. The van der Waals surface area contributed by atoms with Crippen molar-refractivity contribution in [3.63, 3.8) is 0 Å². The Morgan fingerprint density at radius 1 is 1.05 bits per heavy atom. The van der Waals surface area contributed by atoms with Crippen LogP contribution in [0.1, 0.15) is 59.7 Å². The highest BCUT2D eigenvalue weighted by Gasteiger charge is 2.30. The first-order valence-corrected chi connectivity index (χ1v) is 13.2. The summed E-state index contributed by atoms with van der Waals surface area (Å²) in [6.07, 6.45) is 5.65. The fourth-order valence-electron chi connectivity index (χ4n) is 5.41. The number of fused-ring (bicyclic) bond motifs is 1. The monoisotopic (exact) mass is 494 g/mol. The molecular formula is C32H34N2O3. The number of aryl methyl sites for hydroxylation is 1. The van der Waals surface area contributed by atoms with Crippen molar-refractivity contribution in [2.75, 3.05) is 18.0 Å². The minimum absolute atomic E-state index is 0.172. The molecule has 3 aromatic rings. The van der Waals surface area contributed by atoms with Gasteiger partial charge in [-0.25, -0.2) is 0 Å². The van der Waals surface area contributed by atoms with Crippen LogP contribution in [0, 0.1) is 6.92 Å². The number of carbonyl (C=O) groups excluding carboxylic acids is 2. The lowest BCUT2D eigenvalue weighted by Gasteiger charge is -2.30. The highest BCUT2D eigenvalue weighted by atomic mass is 16.5. The maximum absolute atomic E-state index is 13.5. The van der Waals surface area contributed by atoms with Crippen molar-refractivity contribution in [2.45, 2.75) is 52.1 Å². The Kier molecular flexibility index (Phi) is 7.52. The lowest BCUT2D eigenvalue weighted by molar-refractivity contribution is -0.117. The van der Waals surface area contributed by atoms with Crippen LogP contribution in [0.5, 0.6) is 5.75 Å². The number of Topliss-reactive ketones (excluding diaryl/α,β-unsaturated/α-hetero) is 1. The first-order chi connectivity index (χ1) is 18.0. The second-order valence-electron chi connectivity index (χ2n) is 9.97. The molecule has 0 aliphatic carbocycles. The van der Waals surface area contributed by atoms with Gasteiger partial charge in [0.1, 0.15) is 0 Å². The molecule has 3 aromatic carbocycles. The zero-order valence-corrected chi connectivity index (χ0v) is 21.7. The second kappa shape index (κ2) is 11.1. The zero-order chi connectivity index (χ0) is 25.8. The number of benzene rings is 3. The number of rotatable bonds is 8. The molecule has 1 saturated heterocycles. The summed E-state index contributed by atoms with van der Waals surface area (Å²) in [5, 5.41) is 0. The van der Waals surface area contributed by atoms with Gasteiger partial charge in [0.15, 0.2) is 17.3 Å². The molecule has 2 aliphatic heterocycles. The molecular weight excluding hydrogens is 460 g/mol. The molecule has 1 unspecified atom stereocenters. The quantitative estimate of drug-likeness (QED) is 0.268. The van der Waals surface area contributed by atoms with Gasteiger partial charge in [0, 0.05) is 18.0 Å². The van der Waals surface area contributed by atoms with Crippen LogP contribution in [0.2, 0.25) is 0 Å². The van der Waals surface area contributed by atoms with Gasteiger partial charge >= 0.3 is 0 Å². The third kappa shape index (κ3) is 5.67. The molecule has 0 spiro atoms. The van der Waals surface area contributed by atoms with E-state index >= 15 is 0 Å². The molecule has 5 rings (SSSR count). The maximum Gasteiger partial charge on any atom is 0.294 e. The van der Waals surface area contributed by atoms with Crippen LogP contribution < -0.4 is 9.64 Å². The van der Waals surface area contributed by atoms with Gasteiger partial charge in [0.05, 0.1) is 12.2 Å². The van der Waals surface area contributed by atoms with E-state index in [1.807, 2.05) is 73.7 Å². The van der Waals surface area contributed by atoms with Crippen LogP contribution in [-0.2, 0) is 11.3 Å². The Balaban J connectivity index is 1.31. The van der Waals surface area contributed by atoms with Crippen molar-refractivity contribution in [1.82, 2.24) is 4.90 Å². The summed E-state index contributed by atoms with van der Waals surface area (Å²) in [4.78, 5) is 30.5. The number of hydrogen-bond donors (Lipinski definition) is 0. The highest BCUT2D eigenvalue weighted by Crippen LogP contribution is 2.36. The molecule has 2 aliphatic rings. The minimum atomic E-state index is -0.183. The van der Waals surface area contributed by atoms with Crippen molar-refractivity contribution in [2.24, 2.45) is 0 Å². The summed E-state index contributed by atoms with van der Waals surface area (Å²) in [6, 6.07) is 23.8.